The van der Waals surface area contributed by atoms with Gasteiger partial charge in [-0.1, -0.05) is 31.2 Å². The number of hydrogen-bond acceptors (Lipinski definition) is 4. The molecule has 0 saturated carbocycles. The summed E-state index contributed by atoms with van der Waals surface area (Å²) in [5.41, 5.74) is 0.547. The van der Waals surface area contributed by atoms with Crippen LogP contribution in [-0.4, -0.2) is 48.8 Å². The molecule has 0 bridgehead atoms. The summed E-state index contributed by atoms with van der Waals surface area (Å²) in [6, 6.07) is 13.2. The van der Waals surface area contributed by atoms with E-state index in [-0.39, 0.29) is 18.3 Å². The van der Waals surface area contributed by atoms with Crippen LogP contribution in [0.3, 0.4) is 0 Å². The van der Waals surface area contributed by atoms with Gasteiger partial charge in [0.15, 0.2) is 0 Å². The fraction of sp³-hybridized carbons (Fsp3) is 0.478. The highest BCUT2D eigenvalue weighted by molar-refractivity contribution is 5.56. The Morgan fingerprint density at radius 3 is 2.53 bits per heavy atom. The zero-order valence-electron chi connectivity index (χ0n) is 17.2. The van der Waals surface area contributed by atoms with Crippen molar-refractivity contribution in [1.29, 1.82) is 0 Å². The van der Waals surface area contributed by atoms with E-state index in [9.17, 15) is 13.2 Å². The minimum atomic E-state index is -4.36. The van der Waals surface area contributed by atoms with Gasteiger partial charge in [-0.2, -0.15) is 13.2 Å². The first-order valence-electron chi connectivity index (χ1n) is 10.4. The molecule has 1 saturated heterocycles. The molecule has 2 aromatic rings. The summed E-state index contributed by atoms with van der Waals surface area (Å²) in [5.74, 6) is 0.745. The maximum atomic E-state index is 13.5. The first-order valence-corrected chi connectivity index (χ1v) is 10.4. The van der Waals surface area contributed by atoms with E-state index in [2.05, 4.69) is 4.90 Å². The molecule has 4 nitrogen and oxygen atoms in total. The van der Waals surface area contributed by atoms with Gasteiger partial charge in [0, 0.05) is 37.9 Å². The van der Waals surface area contributed by atoms with Crippen LogP contribution in [0.4, 0.5) is 18.9 Å². The molecule has 30 heavy (non-hydrogen) atoms. The number of hydrogen-bond donors (Lipinski definition) is 1. The van der Waals surface area contributed by atoms with Crippen molar-refractivity contribution in [2.75, 3.05) is 37.7 Å². The molecular formula is C23H29F3N2O2. The van der Waals surface area contributed by atoms with Crippen molar-refractivity contribution in [2.45, 2.75) is 38.6 Å². The van der Waals surface area contributed by atoms with E-state index in [1.54, 1.807) is 12.1 Å². The zero-order valence-corrected chi connectivity index (χ0v) is 17.2. The van der Waals surface area contributed by atoms with Gasteiger partial charge in [0.25, 0.3) is 0 Å². The minimum Gasteiger partial charge on any atom is -0.492 e. The second kappa shape index (κ2) is 10.2. The van der Waals surface area contributed by atoms with Crippen LogP contribution in [0.1, 0.15) is 30.9 Å². The van der Waals surface area contributed by atoms with Crippen molar-refractivity contribution in [2.24, 2.45) is 0 Å². The average Bonchev–Trinajstić information content (AvgIpc) is 3.20. The third-order valence-electron chi connectivity index (χ3n) is 5.45. The van der Waals surface area contributed by atoms with E-state index < -0.39 is 11.7 Å². The van der Waals surface area contributed by atoms with E-state index in [1.165, 1.54) is 12.1 Å². The fourth-order valence-electron chi connectivity index (χ4n) is 3.96. The van der Waals surface area contributed by atoms with Crippen molar-refractivity contribution in [3.8, 4) is 5.75 Å². The van der Waals surface area contributed by atoms with Gasteiger partial charge in [-0.3, -0.25) is 4.90 Å². The summed E-state index contributed by atoms with van der Waals surface area (Å²) >= 11 is 0. The Morgan fingerprint density at radius 1 is 1.13 bits per heavy atom. The van der Waals surface area contributed by atoms with Crippen molar-refractivity contribution in [3.05, 3.63) is 59.7 Å². The summed E-state index contributed by atoms with van der Waals surface area (Å²) in [7, 11) is 0. The lowest BCUT2D eigenvalue weighted by molar-refractivity contribution is -0.137. The van der Waals surface area contributed by atoms with Crippen LogP contribution in [0.25, 0.3) is 0 Å². The first kappa shape index (κ1) is 22.4. The standard InChI is InChI=1S/C23H29F3N2O2/c1-2-12-28(22-6-4-3-5-21(22)23(24,25)26)19-11-13-27(16-19)14-15-30-20-9-7-18(17-29)8-10-20/h3-10,19,29H,2,11-17H2,1H3. The van der Waals surface area contributed by atoms with Crippen molar-refractivity contribution >= 4 is 5.69 Å². The van der Waals surface area contributed by atoms with Gasteiger partial charge in [0.1, 0.15) is 12.4 Å². The van der Waals surface area contributed by atoms with Gasteiger partial charge in [-0.05, 0) is 42.7 Å². The molecule has 1 fully saturated rings. The molecule has 0 spiro atoms. The lowest BCUT2D eigenvalue weighted by Crippen LogP contribution is -2.40. The van der Waals surface area contributed by atoms with Crippen LogP contribution in [0.5, 0.6) is 5.75 Å². The van der Waals surface area contributed by atoms with Crippen LogP contribution in [0.15, 0.2) is 48.5 Å². The lowest BCUT2D eigenvalue weighted by atomic mass is 10.1. The van der Waals surface area contributed by atoms with Crippen LogP contribution < -0.4 is 9.64 Å². The highest BCUT2D eigenvalue weighted by Crippen LogP contribution is 2.38. The van der Waals surface area contributed by atoms with Crippen molar-refractivity contribution < 1.29 is 23.0 Å². The molecule has 0 radical (unpaired) electrons. The Labute approximate surface area is 175 Å². The molecule has 3 rings (SSSR count). The summed E-state index contributed by atoms with van der Waals surface area (Å²) in [4.78, 5) is 4.17. The Hall–Kier alpha value is -2.25. The molecule has 1 heterocycles. The van der Waals surface area contributed by atoms with Gasteiger partial charge < -0.3 is 14.7 Å². The molecule has 7 heteroatoms. The predicted octanol–water partition coefficient (Wildman–Crippen LogP) is 4.57. The van der Waals surface area contributed by atoms with Gasteiger partial charge in [-0.25, -0.2) is 0 Å². The highest BCUT2D eigenvalue weighted by atomic mass is 19.4. The summed E-state index contributed by atoms with van der Waals surface area (Å²) < 4.78 is 46.3. The Morgan fingerprint density at radius 2 is 1.87 bits per heavy atom. The lowest BCUT2D eigenvalue weighted by Gasteiger charge is -2.33. The maximum Gasteiger partial charge on any atom is 0.418 e. The number of rotatable bonds is 9. The van der Waals surface area contributed by atoms with Gasteiger partial charge in [0.2, 0.25) is 0 Å². The smallest absolute Gasteiger partial charge is 0.418 e. The van der Waals surface area contributed by atoms with E-state index in [1.807, 2.05) is 36.1 Å². The first-order chi connectivity index (χ1) is 14.4. The van der Waals surface area contributed by atoms with Crippen molar-refractivity contribution in [3.63, 3.8) is 0 Å². The number of ether oxygens (including phenoxy) is 1. The summed E-state index contributed by atoms with van der Waals surface area (Å²) in [6.45, 7) is 5.38. The van der Waals surface area contributed by atoms with E-state index in [0.29, 0.717) is 13.2 Å². The number of aliphatic hydroxyl groups is 1. The number of likely N-dealkylation sites (tertiary alicyclic amines) is 1. The number of benzene rings is 2. The third-order valence-corrected chi connectivity index (χ3v) is 5.45. The predicted molar refractivity (Wildman–Crippen MR) is 112 cm³/mol. The molecule has 0 aromatic heterocycles. The van der Waals surface area contributed by atoms with Gasteiger partial charge in [0.05, 0.1) is 12.2 Å². The number of alkyl halides is 3. The molecule has 1 N–H and O–H groups in total. The molecule has 0 aliphatic carbocycles. The molecule has 1 aliphatic heterocycles. The quantitative estimate of drug-likeness (QED) is 0.642. The molecule has 164 valence electrons. The number of nitrogens with zero attached hydrogens (tertiary/aromatic N) is 2. The van der Waals surface area contributed by atoms with E-state index in [4.69, 9.17) is 9.84 Å². The molecular weight excluding hydrogens is 393 g/mol. The third kappa shape index (κ3) is 5.67. The normalized spacial score (nSPS) is 17.3. The van der Waals surface area contributed by atoms with Gasteiger partial charge >= 0.3 is 6.18 Å². The molecule has 1 aliphatic rings. The number of para-hydroxylation sites is 1. The molecule has 1 unspecified atom stereocenters. The summed E-state index contributed by atoms with van der Waals surface area (Å²) in [6.07, 6.45) is -2.74. The van der Waals surface area contributed by atoms with Crippen molar-refractivity contribution in [1.82, 2.24) is 4.90 Å². The Balaban J connectivity index is 1.59. The maximum absolute atomic E-state index is 13.5. The van der Waals surface area contributed by atoms with Gasteiger partial charge in [-0.15, -0.1) is 0 Å². The van der Waals surface area contributed by atoms with E-state index in [0.717, 1.165) is 43.8 Å². The Bertz CT molecular complexity index is 796. The van der Waals surface area contributed by atoms with E-state index >= 15 is 0 Å². The zero-order chi connectivity index (χ0) is 21.6. The second-order valence-electron chi connectivity index (χ2n) is 7.60. The van der Waals surface area contributed by atoms with Crippen LogP contribution in [0, 0.1) is 0 Å². The molecule has 0 amide bonds. The average molecular weight is 422 g/mol. The van der Waals surface area contributed by atoms with Crippen LogP contribution in [-0.2, 0) is 12.8 Å². The second-order valence-corrected chi connectivity index (χ2v) is 7.60. The fourth-order valence-corrected chi connectivity index (χ4v) is 3.96. The number of aliphatic hydroxyl groups excluding tert-OH is 1. The summed E-state index contributed by atoms with van der Waals surface area (Å²) in [5, 5.41) is 9.09. The highest BCUT2D eigenvalue weighted by Gasteiger charge is 2.37. The Kier molecular flexibility index (Phi) is 7.61. The number of anilines is 1. The minimum absolute atomic E-state index is 0.00116. The monoisotopic (exact) mass is 422 g/mol. The largest absolute Gasteiger partial charge is 0.492 e. The molecule has 2 aromatic carbocycles. The molecule has 1 atom stereocenters. The number of halogens is 3. The van der Waals surface area contributed by atoms with Crippen LogP contribution >= 0.6 is 0 Å². The topological polar surface area (TPSA) is 35.9 Å². The van der Waals surface area contributed by atoms with Crippen LogP contribution in [0.2, 0.25) is 0 Å². The SMILES string of the molecule is CCCN(c1ccccc1C(F)(F)F)C1CCN(CCOc2ccc(CO)cc2)C1.